The number of anilines is 1. The number of nitrogens with one attached hydrogen (secondary N) is 1. The van der Waals surface area contributed by atoms with E-state index >= 15 is 0 Å². The molecule has 0 aliphatic carbocycles. The molecule has 4 nitrogen and oxygen atoms in total. The van der Waals surface area contributed by atoms with E-state index in [1.165, 1.54) is 6.08 Å². The summed E-state index contributed by atoms with van der Waals surface area (Å²) in [5, 5.41) is 2.66. The van der Waals surface area contributed by atoms with Crippen LogP contribution in [-0.2, 0) is 14.3 Å². The Morgan fingerprint density at radius 2 is 1.74 bits per heavy atom. The number of ether oxygens (including phenoxy) is 1. The maximum atomic E-state index is 11.7. The van der Waals surface area contributed by atoms with Crippen LogP contribution in [0.1, 0.15) is 11.1 Å². The van der Waals surface area contributed by atoms with Crippen molar-refractivity contribution in [1.29, 1.82) is 0 Å². The lowest BCUT2D eigenvalue weighted by molar-refractivity contribution is -0.142. The molecule has 23 heavy (non-hydrogen) atoms. The molecule has 1 N–H and O–H groups in total. The van der Waals surface area contributed by atoms with Crippen molar-refractivity contribution >= 4 is 46.2 Å². The summed E-state index contributed by atoms with van der Waals surface area (Å²) in [6.45, 7) is 1.68. The predicted octanol–water partition coefficient (Wildman–Crippen LogP) is 3.79. The smallest absolute Gasteiger partial charge is 0.331 e. The number of amides is 1. The van der Waals surface area contributed by atoms with E-state index in [0.717, 1.165) is 14.7 Å². The Kier molecular flexibility index (Phi) is 6.34. The molecule has 1 amide bonds. The summed E-state index contributed by atoms with van der Waals surface area (Å²) in [5.41, 5.74) is 2.72. The first kappa shape index (κ1) is 17.2. The molecule has 0 heterocycles. The molecule has 0 unspecified atom stereocenters. The second kappa shape index (κ2) is 8.47. The molecule has 118 valence electrons. The normalized spacial score (nSPS) is 10.5. The predicted molar refractivity (Wildman–Crippen MR) is 99.0 cm³/mol. The third-order valence-electron chi connectivity index (χ3n) is 2.96. The van der Waals surface area contributed by atoms with Gasteiger partial charge in [-0.25, -0.2) is 4.79 Å². The highest BCUT2D eigenvalue weighted by molar-refractivity contribution is 14.1. The summed E-state index contributed by atoms with van der Waals surface area (Å²) >= 11 is 2.18. The first-order chi connectivity index (χ1) is 11.0. The molecule has 2 rings (SSSR count). The highest BCUT2D eigenvalue weighted by atomic mass is 127. The van der Waals surface area contributed by atoms with Crippen LogP contribution in [0, 0.1) is 10.5 Å². The minimum atomic E-state index is -0.552. The number of carbonyl (C=O) groups excluding carboxylic acids is 2. The van der Waals surface area contributed by atoms with Crippen molar-refractivity contribution in [3.05, 3.63) is 69.3 Å². The van der Waals surface area contributed by atoms with E-state index in [1.54, 1.807) is 18.2 Å². The Labute approximate surface area is 148 Å². The van der Waals surface area contributed by atoms with Crippen LogP contribution in [0.2, 0.25) is 0 Å². The van der Waals surface area contributed by atoms with Crippen molar-refractivity contribution in [3.8, 4) is 0 Å². The quantitative estimate of drug-likeness (QED) is 0.454. The van der Waals surface area contributed by atoms with Gasteiger partial charge in [0.25, 0.3) is 5.91 Å². The maximum Gasteiger partial charge on any atom is 0.331 e. The fraction of sp³-hybridized carbons (Fsp3) is 0.111. The van der Waals surface area contributed by atoms with Crippen LogP contribution >= 0.6 is 22.6 Å². The number of rotatable bonds is 5. The molecule has 2 aromatic carbocycles. The third-order valence-corrected chi connectivity index (χ3v) is 3.68. The van der Waals surface area contributed by atoms with E-state index in [0.29, 0.717) is 5.69 Å². The van der Waals surface area contributed by atoms with Gasteiger partial charge in [0.2, 0.25) is 0 Å². The van der Waals surface area contributed by atoms with Gasteiger partial charge >= 0.3 is 5.97 Å². The highest BCUT2D eigenvalue weighted by Crippen LogP contribution is 2.11. The minimum absolute atomic E-state index is 0.316. The zero-order chi connectivity index (χ0) is 16.7. The van der Waals surface area contributed by atoms with Gasteiger partial charge in [-0.3, -0.25) is 4.79 Å². The summed E-state index contributed by atoms with van der Waals surface area (Å²) in [4.78, 5) is 23.3. The number of benzene rings is 2. The van der Waals surface area contributed by atoms with E-state index < -0.39 is 5.97 Å². The van der Waals surface area contributed by atoms with Crippen LogP contribution in [0.15, 0.2) is 54.6 Å². The molecule has 0 bridgehead atoms. The number of halogens is 1. The van der Waals surface area contributed by atoms with Crippen LogP contribution < -0.4 is 5.32 Å². The number of carbonyl (C=O) groups is 2. The van der Waals surface area contributed by atoms with Crippen molar-refractivity contribution in [2.45, 2.75) is 6.92 Å². The Morgan fingerprint density at radius 3 is 2.39 bits per heavy atom. The Bertz CT molecular complexity index is 706. The molecule has 0 aliphatic heterocycles. The largest absolute Gasteiger partial charge is 0.452 e. The lowest BCUT2D eigenvalue weighted by Crippen LogP contribution is -2.20. The van der Waals surface area contributed by atoms with Crippen molar-refractivity contribution in [1.82, 2.24) is 0 Å². The van der Waals surface area contributed by atoms with Crippen LogP contribution in [0.25, 0.3) is 6.08 Å². The van der Waals surface area contributed by atoms with Crippen molar-refractivity contribution < 1.29 is 14.3 Å². The van der Waals surface area contributed by atoms with E-state index in [1.807, 2.05) is 43.3 Å². The molecule has 2 aromatic rings. The van der Waals surface area contributed by atoms with Gasteiger partial charge in [-0.15, -0.1) is 0 Å². The van der Waals surface area contributed by atoms with Crippen molar-refractivity contribution in [3.63, 3.8) is 0 Å². The second-order valence-electron chi connectivity index (χ2n) is 4.91. The first-order valence-corrected chi connectivity index (χ1v) is 8.08. The molecule has 0 saturated carbocycles. The van der Waals surface area contributed by atoms with Crippen molar-refractivity contribution in [2.75, 3.05) is 11.9 Å². The van der Waals surface area contributed by atoms with Gasteiger partial charge in [0.15, 0.2) is 6.61 Å². The number of hydrogen-bond donors (Lipinski definition) is 1. The third kappa shape index (κ3) is 6.23. The summed E-state index contributed by atoms with van der Waals surface area (Å²) in [5.74, 6) is -0.924. The van der Waals surface area contributed by atoms with E-state index in [4.69, 9.17) is 4.74 Å². The zero-order valence-electron chi connectivity index (χ0n) is 12.6. The minimum Gasteiger partial charge on any atom is -0.452 e. The Hall–Kier alpha value is -2.15. The van der Waals surface area contributed by atoms with Gasteiger partial charge in [-0.05, 0) is 65.4 Å². The topological polar surface area (TPSA) is 55.4 Å². The fourth-order valence-corrected chi connectivity index (χ4v) is 2.12. The summed E-state index contributed by atoms with van der Waals surface area (Å²) in [7, 11) is 0. The molecule has 0 saturated heterocycles. The molecule has 0 aliphatic rings. The Morgan fingerprint density at radius 1 is 1.09 bits per heavy atom. The molecular weight excluding hydrogens is 405 g/mol. The first-order valence-electron chi connectivity index (χ1n) is 7.00. The van der Waals surface area contributed by atoms with Crippen LogP contribution in [0.5, 0.6) is 0 Å². The highest BCUT2D eigenvalue weighted by Gasteiger charge is 2.05. The number of esters is 1. The lowest BCUT2D eigenvalue weighted by Gasteiger charge is -2.05. The average molecular weight is 421 g/mol. The van der Waals surface area contributed by atoms with Crippen LogP contribution in [0.3, 0.4) is 0 Å². The van der Waals surface area contributed by atoms with Gasteiger partial charge < -0.3 is 10.1 Å². The molecule has 0 spiro atoms. The van der Waals surface area contributed by atoms with Gasteiger partial charge in [-0.2, -0.15) is 0 Å². The van der Waals surface area contributed by atoms with Gasteiger partial charge in [0, 0.05) is 15.3 Å². The molecule has 0 atom stereocenters. The summed E-state index contributed by atoms with van der Waals surface area (Å²) < 4.78 is 5.98. The van der Waals surface area contributed by atoms with E-state index in [2.05, 4.69) is 27.9 Å². The standard InChI is InChI=1S/C18H16INO3/c1-13-2-4-14(5-3-13)6-11-18(22)23-12-17(21)20-16-9-7-15(19)8-10-16/h2-11H,12H2,1H3,(H,20,21). The fourth-order valence-electron chi connectivity index (χ4n) is 1.76. The van der Waals surface area contributed by atoms with E-state index in [-0.39, 0.29) is 12.5 Å². The molecule has 5 heteroatoms. The molecule has 0 fully saturated rings. The van der Waals surface area contributed by atoms with Gasteiger partial charge in [0.05, 0.1) is 0 Å². The molecule has 0 aromatic heterocycles. The molecule has 0 radical (unpaired) electrons. The SMILES string of the molecule is Cc1ccc(C=CC(=O)OCC(=O)Nc2ccc(I)cc2)cc1. The second-order valence-corrected chi connectivity index (χ2v) is 6.15. The summed E-state index contributed by atoms with van der Waals surface area (Å²) in [6, 6.07) is 15.1. The lowest BCUT2D eigenvalue weighted by atomic mass is 10.1. The monoisotopic (exact) mass is 421 g/mol. The van der Waals surface area contributed by atoms with Gasteiger partial charge in [-0.1, -0.05) is 29.8 Å². The van der Waals surface area contributed by atoms with E-state index in [9.17, 15) is 9.59 Å². The molecular formula is C18H16INO3. The average Bonchev–Trinajstić information content (AvgIpc) is 2.54. The van der Waals surface area contributed by atoms with Crippen molar-refractivity contribution in [2.24, 2.45) is 0 Å². The van der Waals surface area contributed by atoms with Gasteiger partial charge in [0.1, 0.15) is 0 Å². The summed E-state index contributed by atoms with van der Waals surface area (Å²) in [6.07, 6.45) is 2.96. The number of hydrogen-bond acceptors (Lipinski definition) is 3. The Balaban J connectivity index is 1.78. The number of aryl methyl sites for hydroxylation is 1. The maximum absolute atomic E-state index is 11.7. The van der Waals surface area contributed by atoms with Crippen LogP contribution in [-0.4, -0.2) is 18.5 Å². The zero-order valence-corrected chi connectivity index (χ0v) is 14.7. The van der Waals surface area contributed by atoms with Crippen LogP contribution in [0.4, 0.5) is 5.69 Å².